The number of allylic oxidation sites excluding steroid dienone is 1. The molecule has 0 aliphatic carbocycles. The molecule has 3 heterocycles. The van der Waals surface area contributed by atoms with Crippen molar-refractivity contribution < 1.29 is 9.21 Å². The molecule has 2 aromatic rings. The molecule has 19 heavy (non-hydrogen) atoms. The molecular formula is C12H13N5O2. The van der Waals surface area contributed by atoms with E-state index in [0.29, 0.717) is 23.0 Å². The van der Waals surface area contributed by atoms with E-state index in [1.54, 1.807) is 11.6 Å². The summed E-state index contributed by atoms with van der Waals surface area (Å²) in [6.07, 6.45) is 1.42. The minimum absolute atomic E-state index is 0.423. The van der Waals surface area contributed by atoms with Gasteiger partial charge in [0.25, 0.3) is 0 Å². The molecule has 1 atom stereocenters. The number of primary amides is 1. The first-order valence-electron chi connectivity index (χ1n) is 5.81. The molecule has 1 aliphatic rings. The fourth-order valence-electron chi connectivity index (χ4n) is 2.27. The fraction of sp³-hybridized carbons (Fsp3) is 0.250. The lowest BCUT2D eigenvalue weighted by Crippen LogP contribution is -2.31. The van der Waals surface area contributed by atoms with Gasteiger partial charge < -0.3 is 15.5 Å². The number of rotatable bonds is 2. The molecule has 0 aromatic carbocycles. The molecule has 0 radical (unpaired) electrons. The Labute approximate surface area is 109 Å². The van der Waals surface area contributed by atoms with E-state index >= 15 is 0 Å². The first-order valence-corrected chi connectivity index (χ1v) is 5.81. The Morgan fingerprint density at radius 1 is 1.47 bits per heavy atom. The van der Waals surface area contributed by atoms with Crippen LogP contribution in [0.4, 0.5) is 5.95 Å². The van der Waals surface area contributed by atoms with E-state index in [1.807, 2.05) is 19.1 Å². The molecule has 0 bridgehead atoms. The quantitative estimate of drug-likeness (QED) is 0.836. The van der Waals surface area contributed by atoms with Crippen LogP contribution in [0.5, 0.6) is 0 Å². The zero-order valence-electron chi connectivity index (χ0n) is 10.5. The number of hydrogen-bond donors (Lipinski definition) is 2. The Bertz CT molecular complexity index is 682. The highest BCUT2D eigenvalue weighted by molar-refractivity contribution is 5.95. The number of anilines is 1. The summed E-state index contributed by atoms with van der Waals surface area (Å²) in [5.74, 6) is 1.42. The first-order chi connectivity index (χ1) is 9.08. The standard InChI is InChI=1S/C12H13N5O2/c1-6-3-4-8(19-6)10-9(11(13)18)7(2)16-12-14-5-15-17(10)12/h3-5,10H,1-2H3,(H2,13,18)(H,14,15,16)/t10-/m1/s1. The first kappa shape index (κ1) is 11.5. The van der Waals surface area contributed by atoms with Gasteiger partial charge in [0, 0.05) is 5.70 Å². The normalized spacial score (nSPS) is 18.1. The van der Waals surface area contributed by atoms with E-state index in [-0.39, 0.29) is 0 Å². The summed E-state index contributed by atoms with van der Waals surface area (Å²) in [6, 6.07) is 3.17. The molecule has 0 saturated carbocycles. The zero-order valence-corrected chi connectivity index (χ0v) is 10.5. The van der Waals surface area contributed by atoms with Crippen LogP contribution < -0.4 is 11.1 Å². The third-order valence-corrected chi connectivity index (χ3v) is 3.09. The van der Waals surface area contributed by atoms with Gasteiger partial charge in [-0.1, -0.05) is 0 Å². The largest absolute Gasteiger partial charge is 0.464 e. The van der Waals surface area contributed by atoms with Crippen molar-refractivity contribution >= 4 is 11.9 Å². The van der Waals surface area contributed by atoms with Gasteiger partial charge in [-0.2, -0.15) is 10.1 Å². The summed E-state index contributed by atoms with van der Waals surface area (Å²) >= 11 is 0. The average molecular weight is 259 g/mol. The SMILES string of the molecule is CC1=C(C(N)=O)[C@@H](c2ccc(C)o2)n2ncnc2N1. The second-order valence-corrected chi connectivity index (χ2v) is 4.41. The lowest BCUT2D eigenvalue weighted by atomic mass is 10.0. The van der Waals surface area contributed by atoms with Crippen molar-refractivity contribution in [3.05, 3.63) is 41.3 Å². The van der Waals surface area contributed by atoms with Crippen LogP contribution in [-0.2, 0) is 4.79 Å². The topological polar surface area (TPSA) is 99.0 Å². The van der Waals surface area contributed by atoms with Gasteiger partial charge in [-0.25, -0.2) is 4.68 Å². The Balaban J connectivity index is 2.20. The number of aromatic nitrogens is 3. The molecule has 0 saturated heterocycles. The van der Waals surface area contributed by atoms with Crippen LogP contribution in [0.25, 0.3) is 0 Å². The smallest absolute Gasteiger partial charge is 0.249 e. The lowest BCUT2D eigenvalue weighted by Gasteiger charge is -2.25. The Morgan fingerprint density at radius 3 is 2.89 bits per heavy atom. The molecular weight excluding hydrogens is 246 g/mol. The van der Waals surface area contributed by atoms with E-state index < -0.39 is 11.9 Å². The minimum Gasteiger partial charge on any atom is -0.464 e. The molecule has 0 unspecified atom stereocenters. The van der Waals surface area contributed by atoms with Gasteiger partial charge in [-0.3, -0.25) is 4.79 Å². The lowest BCUT2D eigenvalue weighted by molar-refractivity contribution is -0.115. The average Bonchev–Trinajstić information content (AvgIpc) is 2.95. The van der Waals surface area contributed by atoms with Gasteiger partial charge in [0.05, 0.1) is 5.57 Å². The van der Waals surface area contributed by atoms with Crippen molar-refractivity contribution in [3.8, 4) is 0 Å². The number of hydrogen-bond acceptors (Lipinski definition) is 5. The number of nitrogens with one attached hydrogen (secondary N) is 1. The summed E-state index contributed by atoms with van der Waals surface area (Å²) in [7, 11) is 0. The summed E-state index contributed by atoms with van der Waals surface area (Å²) < 4.78 is 7.21. The molecule has 3 N–H and O–H groups in total. The Morgan fingerprint density at radius 2 is 2.26 bits per heavy atom. The van der Waals surface area contributed by atoms with Gasteiger partial charge in [0.15, 0.2) is 0 Å². The van der Waals surface area contributed by atoms with Gasteiger partial charge in [0.1, 0.15) is 23.9 Å². The predicted octanol–water partition coefficient (Wildman–Crippen LogP) is 0.954. The van der Waals surface area contributed by atoms with Crippen LogP contribution in [-0.4, -0.2) is 20.7 Å². The highest BCUT2D eigenvalue weighted by Crippen LogP contribution is 2.34. The number of carbonyl (C=O) groups excluding carboxylic acids is 1. The van der Waals surface area contributed by atoms with E-state index in [1.165, 1.54) is 6.33 Å². The summed E-state index contributed by atoms with van der Waals surface area (Å²) in [5, 5.41) is 7.14. The molecule has 0 spiro atoms. The number of furan rings is 1. The van der Waals surface area contributed by atoms with Crippen LogP contribution in [0.2, 0.25) is 0 Å². The maximum absolute atomic E-state index is 11.7. The van der Waals surface area contributed by atoms with Crippen LogP contribution in [0.1, 0.15) is 24.5 Å². The van der Waals surface area contributed by atoms with E-state index in [4.69, 9.17) is 10.2 Å². The van der Waals surface area contributed by atoms with Crippen molar-refractivity contribution in [2.75, 3.05) is 5.32 Å². The van der Waals surface area contributed by atoms with Crippen LogP contribution in [0, 0.1) is 6.92 Å². The molecule has 1 aliphatic heterocycles. The van der Waals surface area contributed by atoms with Crippen LogP contribution >= 0.6 is 0 Å². The number of nitrogens with two attached hydrogens (primary N) is 1. The molecule has 1 amide bonds. The Hall–Kier alpha value is -2.57. The van der Waals surface area contributed by atoms with E-state index in [9.17, 15) is 4.79 Å². The second kappa shape index (κ2) is 3.98. The number of amides is 1. The van der Waals surface area contributed by atoms with Crippen LogP contribution in [0.15, 0.2) is 34.1 Å². The molecule has 7 nitrogen and oxygen atoms in total. The number of aryl methyl sites for hydroxylation is 1. The minimum atomic E-state index is -0.509. The summed E-state index contributed by atoms with van der Waals surface area (Å²) in [6.45, 7) is 3.62. The van der Waals surface area contributed by atoms with Crippen molar-refractivity contribution in [3.63, 3.8) is 0 Å². The molecule has 7 heteroatoms. The van der Waals surface area contributed by atoms with Crippen LogP contribution in [0.3, 0.4) is 0 Å². The summed E-state index contributed by atoms with van der Waals surface area (Å²) in [4.78, 5) is 15.8. The molecule has 98 valence electrons. The summed E-state index contributed by atoms with van der Waals surface area (Å²) in [5.41, 5.74) is 6.56. The zero-order chi connectivity index (χ0) is 13.6. The third kappa shape index (κ3) is 1.70. The monoisotopic (exact) mass is 259 g/mol. The third-order valence-electron chi connectivity index (χ3n) is 3.09. The van der Waals surface area contributed by atoms with Gasteiger partial charge in [0.2, 0.25) is 11.9 Å². The number of nitrogens with zero attached hydrogens (tertiary/aromatic N) is 3. The van der Waals surface area contributed by atoms with Crippen molar-refractivity contribution in [1.29, 1.82) is 0 Å². The number of fused-ring (bicyclic) bond motifs is 1. The molecule has 0 fully saturated rings. The Kier molecular flexibility index (Phi) is 2.41. The second-order valence-electron chi connectivity index (χ2n) is 4.41. The van der Waals surface area contributed by atoms with Crippen molar-refractivity contribution in [2.45, 2.75) is 19.9 Å². The van der Waals surface area contributed by atoms with Gasteiger partial charge >= 0.3 is 0 Å². The highest BCUT2D eigenvalue weighted by atomic mass is 16.3. The van der Waals surface area contributed by atoms with Gasteiger partial charge in [-0.15, -0.1) is 0 Å². The van der Waals surface area contributed by atoms with E-state index in [0.717, 1.165) is 5.76 Å². The van der Waals surface area contributed by atoms with Crippen molar-refractivity contribution in [2.24, 2.45) is 5.73 Å². The molecule has 2 aromatic heterocycles. The molecule has 3 rings (SSSR count). The van der Waals surface area contributed by atoms with E-state index in [2.05, 4.69) is 15.4 Å². The maximum Gasteiger partial charge on any atom is 0.249 e. The number of carbonyl (C=O) groups is 1. The van der Waals surface area contributed by atoms with Crippen molar-refractivity contribution in [1.82, 2.24) is 14.8 Å². The van der Waals surface area contributed by atoms with Gasteiger partial charge in [-0.05, 0) is 26.0 Å². The highest BCUT2D eigenvalue weighted by Gasteiger charge is 2.34. The predicted molar refractivity (Wildman–Crippen MR) is 67.1 cm³/mol. The maximum atomic E-state index is 11.7. The fourth-order valence-corrected chi connectivity index (χ4v) is 2.27.